The number of rotatable bonds is 51. The molecule has 0 rings (SSSR count). The van der Waals surface area contributed by atoms with Gasteiger partial charge in [0, 0.05) is 19.3 Å². The lowest BCUT2D eigenvalue weighted by molar-refractivity contribution is -0.167. The minimum Gasteiger partial charge on any atom is -0.462 e. The third-order valence-electron chi connectivity index (χ3n) is 12.2. The van der Waals surface area contributed by atoms with E-state index in [2.05, 4.69) is 106 Å². The van der Waals surface area contributed by atoms with E-state index in [9.17, 15) is 14.4 Å². The number of ether oxygens (including phenoxy) is 3. The number of hydrogen-bond donors (Lipinski definition) is 0. The highest BCUT2D eigenvalue weighted by Crippen LogP contribution is 2.16. The maximum Gasteiger partial charge on any atom is 0.306 e. The smallest absolute Gasteiger partial charge is 0.306 e. The van der Waals surface area contributed by atoms with Crippen LogP contribution in [-0.2, 0) is 28.6 Å². The Morgan fingerprint density at radius 1 is 0.309 bits per heavy atom. The Morgan fingerprint density at radius 3 is 0.897 bits per heavy atom. The molecule has 0 aromatic heterocycles. The molecule has 0 aliphatic carbocycles. The van der Waals surface area contributed by atoms with E-state index >= 15 is 0 Å². The van der Waals surface area contributed by atoms with Crippen molar-refractivity contribution >= 4 is 17.9 Å². The Labute approximate surface area is 420 Å². The summed E-state index contributed by atoms with van der Waals surface area (Å²) >= 11 is 0. The summed E-state index contributed by atoms with van der Waals surface area (Å²) in [6, 6.07) is 0. The number of carbonyl (C=O) groups is 3. The third kappa shape index (κ3) is 53.5. The van der Waals surface area contributed by atoms with Crippen LogP contribution in [0, 0.1) is 0 Å². The molecule has 0 aromatic carbocycles. The average molecular weight is 948 g/mol. The summed E-state index contributed by atoms with van der Waals surface area (Å²) < 4.78 is 16.8. The van der Waals surface area contributed by atoms with Gasteiger partial charge in [-0.15, -0.1) is 0 Å². The van der Waals surface area contributed by atoms with Gasteiger partial charge in [-0.3, -0.25) is 14.4 Å². The average Bonchev–Trinajstić information content (AvgIpc) is 3.34. The molecule has 0 saturated carbocycles. The molecule has 0 heterocycles. The van der Waals surface area contributed by atoms with Crippen LogP contribution in [0.5, 0.6) is 0 Å². The molecule has 0 aliphatic heterocycles. The summed E-state index contributed by atoms with van der Waals surface area (Å²) in [6.07, 6.45) is 73.0. The van der Waals surface area contributed by atoms with E-state index in [4.69, 9.17) is 14.2 Å². The molecule has 0 aromatic rings. The van der Waals surface area contributed by atoms with E-state index in [-0.39, 0.29) is 37.5 Å². The second kappa shape index (κ2) is 56.2. The zero-order valence-electron chi connectivity index (χ0n) is 44.6. The Hall–Kier alpha value is -3.41. The Kier molecular flexibility index (Phi) is 53.4. The molecule has 0 spiro atoms. The van der Waals surface area contributed by atoms with Crippen molar-refractivity contribution in [2.24, 2.45) is 0 Å². The number of allylic oxidation sites excluding steroid dienone is 14. The topological polar surface area (TPSA) is 78.9 Å². The molecule has 6 nitrogen and oxygen atoms in total. The van der Waals surface area contributed by atoms with Crippen LogP contribution in [0.15, 0.2) is 85.1 Å². The Bertz CT molecular complexity index is 1320. The SMILES string of the molecule is CC/C=C\C/C=C\C/C=C\C/C=C\C/C=C\C/C=C\C/C=C\CCCC(=O)OCC(COC(=O)CCCCCCCCCCC)OC(=O)CCCCCCCCCCCCCCCCCCCC. The maximum absolute atomic E-state index is 12.8. The zero-order valence-corrected chi connectivity index (χ0v) is 44.6. The normalized spacial score (nSPS) is 12.7. The van der Waals surface area contributed by atoms with Crippen LogP contribution in [0.3, 0.4) is 0 Å². The molecule has 68 heavy (non-hydrogen) atoms. The van der Waals surface area contributed by atoms with Crippen molar-refractivity contribution in [1.82, 2.24) is 0 Å². The van der Waals surface area contributed by atoms with Crippen LogP contribution in [0.1, 0.15) is 271 Å². The van der Waals surface area contributed by atoms with Gasteiger partial charge in [-0.2, -0.15) is 0 Å². The molecular weight excluding hydrogens is 841 g/mol. The molecule has 0 aliphatic rings. The molecule has 0 N–H and O–H groups in total. The molecule has 0 fully saturated rings. The van der Waals surface area contributed by atoms with Gasteiger partial charge in [0.1, 0.15) is 13.2 Å². The van der Waals surface area contributed by atoms with Gasteiger partial charge in [0.05, 0.1) is 0 Å². The number of hydrogen-bond acceptors (Lipinski definition) is 6. The first-order valence-electron chi connectivity index (χ1n) is 28.6. The highest BCUT2D eigenvalue weighted by molar-refractivity contribution is 5.71. The van der Waals surface area contributed by atoms with Crippen molar-refractivity contribution in [3.8, 4) is 0 Å². The predicted molar refractivity (Wildman–Crippen MR) is 293 cm³/mol. The molecule has 0 radical (unpaired) electrons. The van der Waals surface area contributed by atoms with E-state index in [0.29, 0.717) is 19.3 Å². The highest BCUT2D eigenvalue weighted by atomic mass is 16.6. The fourth-order valence-electron chi connectivity index (χ4n) is 7.90. The molecule has 1 atom stereocenters. The fourth-order valence-corrected chi connectivity index (χ4v) is 7.90. The lowest BCUT2D eigenvalue weighted by atomic mass is 10.0. The minimum atomic E-state index is -0.796. The van der Waals surface area contributed by atoms with E-state index in [0.717, 1.165) is 89.9 Å². The van der Waals surface area contributed by atoms with Crippen molar-refractivity contribution in [2.45, 2.75) is 277 Å². The molecule has 0 saturated heterocycles. The summed E-state index contributed by atoms with van der Waals surface area (Å²) in [4.78, 5) is 38.0. The molecule has 0 amide bonds. The monoisotopic (exact) mass is 947 g/mol. The van der Waals surface area contributed by atoms with Gasteiger partial charge in [0.25, 0.3) is 0 Å². The van der Waals surface area contributed by atoms with Crippen molar-refractivity contribution < 1.29 is 28.6 Å². The van der Waals surface area contributed by atoms with Gasteiger partial charge in [-0.25, -0.2) is 0 Å². The van der Waals surface area contributed by atoms with Crippen LogP contribution >= 0.6 is 0 Å². The largest absolute Gasteiger partial charge is 0.462 e. The summed E-state index contributed by atoms with van der Waals surface area (Å²) in [6.45, 7) is 6.48. The Balaban J connectivity index is 4.37. The van der Waals surface area contributed by atoms with Gasteiger partial charge >= 0.3 is 17.9 Å². The van der Waals surface area contributed by atoms with Crippen molar-refractivity contribution in [2.75, 3.05) is 13.2 Å². The van der Waals surface area contributed by atoms with Crippen LogP contribution in [0.4, 0.5) is 0 Å². The fraction of sp³-hybridized carbons (Fsp3) is 0.726. The summed E-state index contributed by atoms with van der Waals surface area (Å²) in [7, 11) is 0. The zero-order chi connectivity index (χ0) is 49.3. The lowest BCUT2D eigenvalue weighted by Crippen LogP contribution is -2.30. The van der Waals surface area contributed by atoms with Gasteiger partial charge in [0.15, 0.2) is 6.10 Å². The quantitative estimate of drug-likeness (QED) is 0.0262. The molecule has 0 bridgehead atoms. The van der Waals surface area contributed by atoms with Crippen LogP contribution in [-0.4, -0.2) is 37.2 Å². The predicted octanol–water partition coefficient (Wildman–Crippen LogP) is 19.2. The van der Waals surface area contributed by atoms with Gasteiger partial charge in [-0.1, -0.05) is 266 Å². The van der Waals surface area contributed by atoms with E-state index in [1.165, 1.54) is 135 Å². The minimum absolute atomic E-state index is 0.0915. The molecule has 6 heteroatoms. The number of unbranched alkanes of at least 4 members (excludes halogenated alkanes) is 26. The van der Waals surface area contributed by atoms with Gasteiger partial charge < -0.3 is 14.2 Å². The van der Waals surface area contributed by atoms with Gasteiger partial charge in [0.2, 0.25) is 0 Å². The maximum atomic E-state index is 12.8. The molecular formula is C62H106O6. The summed E-state index contributed by atoms with van der Waals surface area (Å²) in [5, 5.41) is 0. The second-order valence-electron chi connectivity index (χ2n) is 18.8. The number of carbonyl (C=O) groups excluding carboxylic acids is 3. The summed E-state index contributed by atoms with van der Waals surface area (Å²) in [5.74, 6) is -0.949. The van der Waals surface area contributed by atoms with Gasteiger partial charge in [-0.05, 0) is 70.6 Å². The van der Waals surface area contributed by atoms with E-state index in [1.807, 2.05) is 0 Å². The molecule has 390 valence electrons. The second-order valence-corrected chi connectivity index (χ2v) is 18.8. The third-order valence-corrected chi connectivity index (χ3v) is 12.2. The summed E-state index contributed by atoms with van der Waals surface area (Å²) in [5.41, 5.74) is 0. The van der Waals surface area contributed by atoms with Crippen LogP contribution in [0.2, 0.25) is 0 Å². The van der Waals surface area contributed by atoms with E-state index in [1.54, 1.807) is 0 Å². The first-order chi connectivity index (χ1) is 33.5. The van der Waals surface area contributed by atoms with Crippen LogP contribution in [0.25, 0.3) is 0 Å². The molecule has 1 unspecified atom stereocenters. The van der Waals surface area contributed by atoms with Crippen molar-refractivity contribution in [3.05, 3.63) is 85.1 Å². The standard InChI is InChI=1S/C62H106O6/c1-4-7-10-13-16-19-21-23-25-27-29-30-31-32-33-35-36-38-40-43-46-49-52-55-61(64)67-58-59(57-66-60(63)54-51-48-45-42-18-15-12-9-6-3)68-62(65)56-53-50-47-44-41-39-37-34-28-26-24-22-20-17-14-11-8-5-2/h7,10,16,19,23,25,29-30,32-33,36,38,43,46,59H,4-6,8-9,11-15,17-18,20-22,24,26-28,31,34-35,37,39-42,44-45,47-58H2,1-3H3/b10-7-,19-16-,25-23-,30-29-,33-32-,38-36-,46-43-. The van der Waals surface area contributed by atoms with Crippen LogP contribution < -0.4 is 0 Å². The van der Waals surface area contributed by atoms with Crippen molar-refractivity contribution in [1.29, 1.82) is 0 Å². The Morgan fingerprint density at radius 2 is 0.574 bits per heavy atom. The first-order valence-corrected chi connectivity index (χ1v) is 28.6. The van der Waals surface area contributed by atoms with E-state index < -0.39 is 6.10 Å². The first kappa shape index (κ1) is 64.6. The number of esters is 3. The van der Waals surface area contributed by atoms with Crippen molar-refractivity contribution in [3.63, 3.8) is 0 Å². The lowest BCUT2D eigenvalue weighted by Gasteiger charge is -2.18. The highest BCUT2D eigenvalue weighted by Gasteiger charge is 2.19.